The molecule has 3 rings (SSSR count). The van der Waals surface area contributed by atoms with E-state index in [0.717, 1.165) is 62.9 Å². The first-order valence-electron chi connectivity index (χ1n) is 12.8. The van der Waals surface area contributed by atoms with Crippen LogP contribution in [0.15, 0.2) is 54.6 Å². The molecule has 0 aromatic heterocycles. The molecule has 2 atom stereocenters. The van der Waals surface area contributed by atoms with Crippen LogP contribution in [0.5, 0.6) is 11.5 Å². The number of methoxy groups -OCH3 is 2. The fourth-order valence-electron chi connectivity index (χ4n) is 5.20. The summed E-state index contributed by atoms with van der Waals surface area (Å²) in [7, 11) is 3.46. The number of hydrogen-bond acceptors (Lipinski definition) is 3. The zero-order valence-corrected chi connectivity index (χ0v) is 20.8. The van der Waals surface area contributed by atoms with Gasteiger partial charge < -0.3 is 14.6 Å². The van der Waals surface area contributed by atoms with Gasteiger partial charge in [0.05, 0.1) is 14.2 Å². The molecule has 0 radical (unpaired) electrons. The van der Waals surface area contributed by atoms with Crippen LogP contribution in [-0.2, 0) is 11.2 Å². The van der Waals surface area contributed by atoms with Crippen LogP contribution in [0.2, 0.25) is 0 Å². The second kappa shape index (κ2) is 13.8. The van der Waals surface area contributed by atoms with Crippen LogP contribution in [0.3, 0.4) is 0 Å². The molecule has 0 saturated carbocycles. The van der Waals surface area contributed by atoms with E-state index in [1.807, 2.05) is 0 Å². The summed E-state index contributed by atoms with van der Waals surface area (Å²) in [5, 5.41) is 8.69. The van der Waals surface area contributed by atoms with E-state index >= 15 is 0 Å². The standard InChI is InChI=1S/C30H40O4/c1-33-25-17-14-23(15-18-25)27-20-16-24-22-26(34-2)19-21-28(24)29(27)12-10-8-6-4-3-5-7-9-11-13-30(31)32/h6,8,14-15,17-19,21-22,27,29H,3-5,7,9-13,16,20H2,1-2H3,(H,31,32). The summed E-state index contributed by atoms with van der Waals surface area (Å²) in [6.07, 6.45) is 15.9. The molecule has 0 heterocycles. The average Bonchev–Trinajstić information content (AvgIpc) is 2.86. The first kappa shape index (κ1) is 25.9. The van der Waals surface area contributed by atoms with E-state index in [1.165, 1.54) is 29.5 Å². The number of unbranched alkanes of at least 4 members (excludes halogenated alkanes) is 5. The summed E-state index contributed by atoms with van der Waals surface area (Å²) >= 11 is 0. The summed E-state index contributed by atoms with van der Waals surface area (Å²) in [5.41, 5.74) is 4.31. The topological polar surface area (TPSA) is 55.8 Å². The second-order valence-electron chi connectivity index (χ2n) is 9.34. The van der Waals surface area contributed by atoms with Gasteiger partial charge in [-0.1, -0.05) is 49.6 Å². The number of fused-ring (bicyclic) bond motifs is 1. The highest BCUT2D eigenvalue weighted by molar-refractivity contribution is 5.66. The lowest BCUT2D eigenvalue weighted by molar-refractivity contribution is -0.137. The second-order valence-corrected chi connectivity index (χ2v) is 9.34. The molecular weight excluding hydrogens is 424 g/mol. The van der Waals surface area contributed by atoms with Gasteiger partial charge in [-0.2, -0.15) is 0 Å². The Labute approximate surface area is 205 Å². The van der Waals surface area contributed by atoms with Crippen molar-refractivity contribution in [2.24, 2.45) is 0 Å². The quantitative estimate of drug-likeness (QED) is 0.230. The largest absolute Gasteiger partial charge is 0.497 e. The number of aliphatic carboxylic acids is 1. The van der Waals surface area contributed by atoms with Gasteiger partial charge in [0.2, 0.25) is 0 Å². The summed E-state index contributed by atoms with van der Waals surface area (Å²) < 4.78 is 10.8. The third-order valence-electron chi connectivity index (χ3n) is 7.08. The first-order valence-corrected chi connectivity index (χ1v) is 12.8. The van der Waals surface area contributed by atoms with E-state index in [0.29, 0.717) is 18.3 Å². The van der Waals surface area contributed by atoms with E-state index in [-0.39, 0.29) is 0 Å². The van der Waals surface area contributed by atoms with Gasteiger partial charge in [-0.05, 0) is 97.7 Å². The zero-order valence-electron chi connectivity index (χ0n) is 20.8. The fourth-order valence-corrected chi connectivity index (χ4v) is 5.20. The van der Waals surface area contributed by atoms with Crippen LogP contribution in [0.1, 0.15) is 92.7 Å². The van der Waals surface area contributed by atoms with E-state index in [9.17, 15) is 4.79 Å². The maximum Gasteiger partial charge on any atom is 0.303 e. The van der Waals surface area contributed by atoms with Gasteiger partial charge in [-0.15, -0.1) is 0 Å². The van der Waals surface area contributed by atoms with Crippen molar-refractivity contribution >= 4 is 5.97 Å². The monoisotopic (exact) mass is 464 g/mol. The molecule has 1 aliphatic rings. The van der Waals surface area contributed by atoms with Crippen LogP contribution in [0.25, 0.3) is 0 Å². The Bertz CT molecular complexity index is 916. The molecular formula is C30H40O4. The minimum absolute atomic E-state index is 0.300. The fraction of sp³-hybridized carbons (Fsp3) is 0.500. The van der Waals surface area contributed by atoms with E-state index in [2.05, 4.69) is 54.6 Å². The molecule has 1 aliphatic carbocycles. The highest BCUT2D eigenvalue weighted by Crippen LogP contribution is 2.46. The van der Waals surface area contributed by atoms with Gasteiger partial charge in [0.15, 0.2) is 0 Å². The molecule has 2 aromatic rings. The van der Waals surface area contributed by atoms with Crippen LogP contribution in [-0.4, -0.2) is 25.3 Å². The molecule has 2 aromatic carbocycles. The molecule has 0 aliphatic heterocycles. The predicted molar refractivity (Wildman–Crippen MR) is 138 cm³/mol. The number of carboxylic acid groups (broad SMARTS) is 1. The zero-order chi connectivity index (χ0) is 24.2. The number of aryl methyl sites for hydroxylation is 1. The molecule has 0 bridgehead atoms. The normalized spacial score (nSPS) is 17.5. The van der Waals surface area contributed by atoms with Crippen molar-refractivity contribution in [1.29, 1.82) is 0 Å². The van der Waals surface area contributed by atoms with Crippen molar-refractivity contribution in [3.05, 3.63) is 71.3 Å². The Kier molecular flexibility index (Phi) is 10.5. The maximum absolute atomic E-state index is 10.6. The number of hydrogen-bond donors (Lipinski definition) is 1. The molecule has 34 heavy (non-hydrogen) atoms. The smallest absolute Gasteiger partial charge is 0.303 e. The molecule has 184 valence electrons. The molecule has 4 nitrogen and oxygen atoms in total. The van der Waals surface area contributed by atoms with Crippen LogP contribution in [0, 0.1) is 0 Å². The minimum atomic E-state index is -0.683. The summed E-state index contributed by atoms with van der Waals surface area (Å²) in [6.45, 7) is 0. The molecule has 2 unspecified atom stereocenters. The van der Waals surface area contributed by atoms with Crippen molar-refractivity contribution < 1.29 is 19.4 Å². The van der Waals surface area contributed by atoms with Crippen molar-refractivity contribution in [3.63, 3.8) is 0 Å². The number of carboxylic acids is 1. The summed E-state index contributed by atoms with van der Waals surface area (Å²) in [4.78, 5) is 10.6. The van der Waals surface area contributed by atoms with Gasteiger partial charge in [-0.25, -0.2) is 0 Å². The number of allylic oxidation sites excluding steroid dienone is 2. The Morgan fingerprint density at radius 2 is 1.59 bits per heavy atom. The van der Waals surface area contributed by atoms with Crippen molar-refractivity contribution in [2.45, 2.75) is 82.5 Å². The lowest BCUT2D eigenvalue weighted by atomic mass is 9.70. The number of rotatable bonds is 14. The molecule has 1 N–H and O–H groups in total. The maximum atomic E-state index is 10.6. The van der Waals surface area contributed by atoms with Gasteiger partial charge in [0, 0.05) is 6.42 Å². The first-order chi connectivity index (χ1) is 16.6. The van der Waals surface area contributed by atoms with Crippen LogP contribution < -0.4 is 9.47 Å². The molecule has 0 saturated heterocycles. The van der Waals surface area contributed by atoms with Crippen molar-refractivity contribution in [3.8, 4) is 11.5 Å². The molecule has 4 heteroatoms. The van der Waals surface area contributed by atoms with Gasteiger partial charge in [0.1, 0.15) is 11.5 Å². The predicted octanol–water partition coefficient (Wildman–Crippen LogP) is 7.67. The average molecular weight is 465 g/mol. The van der Waals surface area contributed by atoms with Crippen LogP contribution >= 0.6 is 0 Å². The Morgan fingerprint density at radius 3 is 2.32 bits per heavy atom. The highest BCUT2D eigenvalue weighted by atomic mass is 16.5. The van der Waals surface area contributed by atoms with Gasteiger partial charge in [0.25, 0.3) is 0 Å². The van der Waals surface area contributed by atoms with Gasteiger partial charge >= 0.3 is 5.97 Å². The summed E-state index contributed by atoms with van der Waals surface area (Å²) in [5.74, 6) is 2.19. The minimum Gasteiger partial charge on any atom is -0.497 e. The summed E-state index contributed by atoms with van der Waals surface area (Å²) in [6, 6.07) is 15.2. The van der Waals surface area contributed by atoms with Crippen molar-refractivity contribution in [1.82, 2.24) is 0 Å². The molecule has 0 fully saturated rings. The third-order valence-corrected chi connectivity index (χ3v) is 7.08. The Morgan fingerprint density at radius 1 is 0.912 bits per heavy atom. The molecule has 0 amide bonds. The number of benzene rings is 2. The van der Waals surface area contributed by atoms with E-state index in [1.54, 1.807) is 14.2 Å². The Balaban J connectivity index is 1.55. The third kappa shape index (κ3) is 7.65. The SMILES string of the molecule is COc1ccc(C2CCc3cc(OC)ccc3C2CCC=CCCCCCCCC(=O)O)cc1. The number of ether oxygens (including phenoxy) is 2. The molecule has 0 spiro atoms. The lowest BCUT2D eigenvalue weighted by Gasteiger charge is -2.34. The van der Waals surface area contributed by atoms with Crippen molar-refractivity contribution in [2.75, 3.05) is 14.2 Å². The Hall–Kier alpha value is -2.75. The van der Waals surface area contributed by atoms with E-state index in [4.69, 9.17) is 14.6 Å². The number of carbonyl (C=O) groups is 1. The highest BCUT2D eigenvalue weighted by Gasteiger charge is 2.30. The van der Waals surface area contributed by atoms with E-state index < -0.39 is 5.97 Å². The van der Waals surface area contributed by atoms with Gasteiger partial charge in [-0.3, -0.25) is 4.79 Å². The lowest BCUT2D eigenvalue weighted by Crippen LogP contribution is -2.19. The van der Waals surface area contributed by atoms with Crippen LogP contribution in [0.4, 0.5) is 0 Å².